The topological polar surface area (TPSA) is 73.0 Å². The highest BCUT2D eigenvalue weighted by Crippen LogP contribution is 2.30. The van der Waals surface area contributed by atoms with Crippen LogP contribution in [0.3, 0.4) is 0 Å². The summed E-state index contributed by atoms with van der Waals surface area (Å²) in [5.41, 5.74) is 5.09. The third-order valence-corrected chi connectivity index (χ3v) is 7.21. The molecule has 38 heavy (non-hydrogen) atoms. The highest BCUT2D eigenvalue weighted by Gasteiger charge is 2.19. The Kier molecular flexibility index (Phi) is 7.47. The molecular weight excluding hydrogens is 492 g/mol. The zero-order chi connectivity index (χ0) is 26.5. The minimum absolute atomic E-state index is 0.0634. The van der Waals surface area contributed by atoms with Gasteiger partial charge in [0.15, 0.2) is 11.0 Å². The van der Waals surface area contributed by atoms with Crippen LogP contribution in [0.25, 0.3) is 22.5 Å². The van der Waals surface area contributed by atoms with Gasteiger partial charge in [0.05, 0.1) is 18.6 Å². The van der Waals surface area contributed by atoms with E-state index in [0.717, 1.165) is 34.0 Å². The van der Waals surface area contributed by atoms with Gasteiger partial charge in [-0.15, -0.1) is 10.2 Å². The minimum atomic E-state index is -0.109. The fourth-order valence-corrected chi connectivity index (χ4v) is 4.94. The normalized spacial score (nSPS) is 11.4. The first-order valence-electron chi connectivity index (χ1n) is 12.5. The summed E-state index contributed by atoms with van der Waals surface area (Å²) in [6.07, 6.45) is 1.65. The minimum Gasteiger partial charge on any atom is -0.467 e. The van der Waals surface area contributed by atoms with Gasteiger partial charge in [0.1, 0.15) is 5.76 Å². The van der Waals surface area contributed by atoms with Crippen LogP contribution in [0.1, 0.15) is 32.1 Å². The summed E-state index contributed by atoms with van der Waals surface area (Å²) in [5.74, 6) is 1.61. The molecule has 0 aliphatic heterocycles. The van der Waals surface area contributed by atoms with Crippen molar-refractivity contribution < 1.29 is 9.21 Å². The van der Waals surface area contributed by atoms with Crippen LogP contribution in [-0.2, 0) is 16.8 Å². The van der Waals surface area contributed by atoms with E-state index in [0.29, 0.717) is 11.7 Å². The number of hydrogen-bond donors (Lipinski definition) is 1. The van der Waals surface area contributed by atoms with E-state index in [4.69, 9.17) is 4.42 Å². The molecule has 5 rings (SSSR count). The van der Waals surface area contributed by atoms with Crippen LogP contribution in [0.5, 0.6) is 0 Å². The molecule has 0 fully saturated rings. The Morgan fingerprint density at radius 1 is 0.868 bits per heavy atom. The van der Waals surface area contributed by atoms with Gasteiger partial charge in [-0.2, -0.15) is 0 Å². The zero-order valence-electron chi connectivity index (χ0n) is 21.7. The van der Waals surface area contributed by atoms with Crippen molar-refractivity contribution in [2.45, 2.75) is 37.9 Å². The standard InChI is InChI=1S/C31H30N4O2S/c1-31(2,3)24-17-15-23(16-18-24)29-33-34-30(35(29)20-25-12-9-19-37-25)38-21-28(36)32-27-14-8-7-13-26(27)22-10-5-4-6-11-22/h4-19H,20-21H2,1-3H3,(H,32,36). The summed E-state index contributed by atoms with van der Waals surface area (Å²) in [6, 6.07) is 30.0. The molecule has 0 saturated carbocycles. The van der Waals surface area contributed by atoms with Gasteiger partial charge in [0, 0.05) is 16.8 Å². The predicted molar refractivity (Wildman–Crippen MR) is 153 cm³/mol. The molecule has 192 valence electrons. The Bertz CT molecular complexity index is 1500. The lowest BCUT2D eigenvalue weighted by Crippen LogP contribution is -2.15. The second-order valence-electron chi connectivity index (χ2n) is 10.0. The molecular formula is C31H30N4O2S. The number of nitrogens with one attached hydrogen (secondary N) is 1. The number of para-hydroxylation sites is 1. The molecule has 0 unspecified atom stereocenters. The largest absolute Gasteiger partial charge is 0.467 e. The molecule has 0 spiro atoms. The number of nitrogens with zero attached hydrogens (tertiary/aromatic N) is 3. The molecule has 0 radical (unpaired) electrons. The number of thioether (sulfide) groups is 1. The first-order chi connectivity index (χ1) is 18.4. The van der Waals surface area contributed by atoms with Gasteiger partial charge in [-0.25, -0.2) is 0 Å². The van der Waals surface area contributed by atoms with E-state index >= 15 is 0 Å². The molecule has 0 saturated heterocycles. The van der Waals surface area contributed by atoms with Crippen molar-refractivity contribution in [3.63, 3.8) is 0 Å². The number of amides is 1. The predicted octanol–water partition coefficient (Wildman–Crippen LogP) is 7.28. The summed E-state index contributed by atoms with van der Waals surface area (Å²) in [6.45, 7) is 7.05. The SMILES string of the molecule is CC(C)(C)c1ccc(-c2nnc(SCC(=O)Nc3ccccc3-c3ccccc3)n2Cc2ccco2)cc1. The van der Waals surface area contributed by atoms with E-state index in [1.807, 2.05) is 71.3 Å². The molecule has 5 aromatic rings. The highest BCUT2D eigenvalue weighted by molar-refractivity contribution is 7.99. The van der Waals surface area contributed by atoms with Gasteiger partial charge in [-0.05, 0) is 34.7 Å². The lowest BCUT2D eigenvalue weighted by atomic mass is 9.87. The zero-order valence-corrected chi connectivity index (χ0v) is 22.5. The second kappa shape index (κ2) is 11.1. The molecule has 0 aliphatic rings. The molecule has 3 aromatic carbocycles. The lowest BCUT2D eigenvalue weighted by molar-refractivity contribution is -0.113. The molecule has 0 bridgehead atoms. The Hall–Kier alpha value is -4.10. The smallest absolute Gasteiger partial charge is 0.234 e. The fraction of sp³-hybridized carbons (Fsp3) is 0.194. The average molecular weight is 523 g/mol. The number of carbonyl (C=O) groups is 1. The van der Waals surface area contributed by atoms with Gasteiger partial charge in [-0.1, -0.05) is 105 Å². The van der Waals surface area contributed by atoms with Crippen LogP contribution in [0, 0.1) is 0 Å². The second-order valence-corrected chi connectivity index (χ2v) is 11.0. The van der Waals surface area contributed by atoms with E-state index in [2.05, 4.69) is 60.6 Å². The molecule has 0 atom stereocenters. The first-order valence-corrected chi connectivity index (χ1v) is 13.5. The molecule has 1 amide bonds. The van der Waals surface area contributed by atoms with Crippen molar-refractivity contribution in [2.75, 3.05) is 11.1 Å². The number of benzene rings is 3. The van der Waals surface area contributed by atoms with Crippen LogP contribution >= 0.6 is 11.8 Å². The van der Waals surface area contributed by atoms with Crippen molar-refractivity contribution in [2.24, 2.45) is 0 Å². The van der Waals surface area contributed by atoms with Crippen LogP contribution in [0.2, 0.25) is 0 Å². The molecule has 0 aliphatic carbocycles. The summed E-state index contributed by atoms with van der Waals surface area (Å²) < 4.78 is 7.61. The van der Waals surface area contributed by atoms with Crippen molar-refractivity contribution in [3.05, 3.63) is 109 Å². The quantitative estimate of drug-likeness (QED) is 0.217. The highest BCUT2D eigenvalue weighted by atomic mass is 32.2. The van der Waals surface area contributed by atoms with Gasteiger partial charge < -0.3 is 9.73 Å². The first kappa shape index (κ1) is 25.5. The van der Waals surface area contributed by atoms with Gasteiger partial charge in [0.25, 0.3) is 0 Å². The molecule has 2 aromatic heterocycles. The van der Waals surface area contributed by atoms with E-state index < -0.39 is 0 Å². The Morgan fingerprint density at radius 3 is 2.32 bits per heavy atom. The summed E-state index contributed by atoms with van der Waals surface area (Å²) in [4.78, 5) is 13.0. The fourth-order valence-electron chi connectivity index (χ4n) is 4.21. The molecule has 2 heterocycles. The van der Waals surface area contributed by atoms with Crippen LogP contribution < -0.4 is 5.32 Å². The Labute approximate surface area is 227 Å². The third kappa shape index (κ3) is 5.89. The number of rotatable bonds is 8. The third-order valence-electron chi connectivity index (χ3n) is 6.24. The summed E-state index contributed by atoms with van der Waals surface area (Å²) >= 11 is 1.36. The van der Waals surface area contributed by atoms with Crippen LogP contribution in [-0.4, -0.2) is 26.4 Å². The number of furan rings is 1. The molecule has 6 nitrogen and oxygen atoms in total. The lowest BCUT2D eigenvalue weighted by Gasteiger charge is -2.19. The van der Waals surface area contributed by atoms with Crippen molar-refractivity contribution in [1.82, 2.24) is 14.8 Å². The number of anilines is 1. The Morgan fingerprint density at radius 2 is 1.61 bits per heavy atom. The van der Waals surface area contributed by atoms with Crippen LogP contribution in [0.15, 0.2) is 107 Å². The summed E-state index contributed by atoms with van der Waals surface area (Å²) in [5, 5.41) is 12.7. The van der Waals surface area contributed by atoms with E-state index in [1.54, 1.807) is 6.26 Å². The van der Waals surface area contributed by atoms with E-state index in [9.17, 15) is 4.79 Å². The number of aromatic nitrogens is 3. The average Bonchev–Trinajstić information content (AvgIpc) is 3.58. The van der Waals surface area contributed by atoms with Crippen molar-refractivity contribution >= 4 is 23.4 Å². The molecule has 7 heteroatoms. The van der Waals surface area contributed by atoms with Crippen molar-refractivity contribution in [1.29, 1.82) is 0 Å². The number of hydrogen-bond acceptors (Lipinski definition) is 5. The van der Waals surface area contributed by atoms with Gasteiger partial charge >= 0.3 is 0 Å². The maximum Gasteiger partial charge on any atom is 0.234 e. The maximum atomic E-state index is 13.0. The Balaban J connectivity index is 1.35. The van der Waals surface area contributed by atoms with E-state index in [-0.39, 0.29) is 17.1 Å². The molecule has 1 N–H and O–H groups in total. The monoisotopic (exact) mass is 522 g/mol. The van der Waals surface area contributed by atoms with Crippen molar-refractivity contribution in [3.8, 4) is 22.5 Å². The van der Waals surface area contributed by atoms with Gasteiger partial charge in [-0.3, -0.25) is 9.36 Å². The van der Waals surface area contributed by atoms with Crippen LogP contribution in [0.4, 0.5) is 5.69 Å². The number of carbonyl (C=O) groups excluding carboxylic acids is 1. The summed E-state index contributed by atoms with van der Waals surface area (Å²) in [7, 11) is 0. The maximum absolute atomic E-state index is 13.0. The van der Waals surface area contributed by atoms with Gasteiger partial charge in [0.2, 0.25) is 5.91 Å². The van der Waals surface area contributed by atoms with E-state index in [1.165, 1.54) is 17.3 Å².